The second-order valence-corrected chi connectivity index (χ2v) is 9.55. The molecule has 0 N–H and O–H groups in total. The Balaban J connectivity index is 1.35. The molecule has 8 nitrogen and oxygen atoms in total. The van der Waals surface area contributed by atoms with Crippen molar-refractivity contribution in [1.82, 2.24) is 14.1 Å². The standard InChI is InChI=1S/C21H25N3O5S/c25-20(17-6-4-10-23(16-17)21(26)19-9-5-15-29-19)22-11-13-24(14-12-22)30(27,28)18-7-2-1-3-8-18/h1-3,5,7-9,15,17H,4,6,10-14,16H2/t17-/m1/s1. The number of sulfonamides is 1. The molecule has 2 fully saturated rings. The van der Waals surface area contributed by atoms with E-state index < -0.39 is 10.0 Å². The molecule has 2 amide bonds. The fraction of sp³-hybridized carbons (Fsp3) is 0.429. The number of furan rings is 1. The molecule has 0 saturated carbocycles. The van der Waals surface area contributed by atoms with Crippen LogP contribution in [0.3, 0.4) is 0 Å². The first-order valence-electron chi connectivity index (χ1n) is 10.1. The molecule has 0 radical (unpaired) electrons. The highest BCUT2D eigenvalue weighted by Crippen LogP contribution is 2.23. The van der Waals surface area contributed by atoms with E-state index in [0.717, 1.165) is 12.8 Å². The Bertz CT molecular complexity index is 983. The Morgan fingerprint density at radius 3 is 2.30 bits per heavy atom. The Kier molecular flexibility index (Phi) is 5.92. The van der Waals surface area contributed by atoms with Gasteiger partial charge in [-0.15, -0.1) is 0 Å². The first kappa shape index (κ1) is 20.6. The number of nitrogens with zero attached hydrogens (tertiary/aromatic N) is 3. The topological polar surface area (TPSA) is 91.1 Å². The van der Waals surface area contributed by atoms with Crippen LogP contribution < -0.4 is 0 Å². The highest BCUT2D eigenvalue weighted by molar-refractivity contribution is 7.89. The number of hydrogen-bond donors (Lipinski definition) is 0. The van der Waals surface area contributed by atoms with E-state index in [2.05, 4.69) is 0 Å². The molecule has 0 bridgehead atoms. The van der Waals surface area contributed by atoms with Crippen LogP contribution >= 0.6 is 0 Å². The Labute approximate surface area is 176 Å². The van der Waals surface area contributed by atoms with Gasteiger partial charge in [-0.3, -0.25) is 9.59 Å². The van der Waals surface area contributed by atoms with Gasteiger partial charge in [-0.05, 0) is 37.1 Å². The molecule has 2 saturated heterocycles. The van der Waals surface area contributed by atoms with Crippen molar-refractivity contribution < 1.29 is 22.4 Å². The van der Waals surface area contributed by atoms with Crippen molar-refractivity contribution >= 4 is 21.8 Å². The fourth-order valence-electron chi connectivity index (χ4n) is 4.07. The number of carbonyl (C=O) groups is 2. The second kappa shape index (κ2) is 8.61. The summed E-state index contributed by atoms with van der Waals surface area (Å²) < 4.78 is 32.2. The van der Waals surface area contributed by atoms with E-state index in [-0.39, 0.29) is 41.5 Å². The molecule has 1 aromatic carbocycles. The normalized spacial score (nSPS) is 20.9. The predicted octanol–water partition coefficient (Wildman–Crippen LogP) is 1.66. The lowest BCUT2D eigenvalue weighted by molar-refractivity contribution is -0.138. The maximum Gasteiger partial charge on any atom is 0.289 e. The number of benzene rings is 1. The summed E-state index contributed by atoms with van der Waals surface area (Å²) in [5, 5.41) is 0. The van der Waals surface area contributed by atoms with Crippen molar-refractivity contribution in [2.45, 2.75) is 17.7 Å². The summed E-state index contributed by atoms with van der Waals surface area (Å²) in [4.78, 5) is 29.2. The van der Waals surface area contributed by atoms with Crippen LogP contribution in [0.4, 0.5) is 0 Å². The summed E-state index contributed by atoms with van der Waals surface area (Å²) in [5.41, 5.74) is 0. The predicted molar refractivity (Wildman–Crippen MR) is 109 cm³/mol. The lowest BCUT2D eigenvalue weighted by atomic mass is 9.96. The smallest absolute Gasteiger partial charge is 0.289 e. The van der Waals surface area contributed by atoms with Gasteiger partial charge in [0.05, 0.1) is 17.1 Å². The molecular weight excluding hydrogens is 406 g/mol. The van der Waals surface area contributed by atoms with Crippen molar-refractivity contribution in [3.63, 3.8) is 0 Å². The minimum absolute atomic E-state index is 0.0105. The number of piperidine rings is 1. The lowest BCUT2D eigenvalue weighted by Crippen LogP contribution is -2.54. The molecule has 4 rings (SSSR count). The Hall–Kier alpha value is -2.65. The molecular formula is C21H25N3O5S. The SMILES string of the molecule is O=C(c1ccco1)N1CCC[C@@H](C(=O)N2CCN(S(=O)(=O)c3ccccc3)CC2)C1. The highest BCUT2D eigenvalue weighted by Gasteiger charge is 2.35. The summed E-state index contributed by atoms with van der Waals surface area (Å²) in [6.45, 7) is 2.21. The average Bonchev–Trinajstić information content (AvgIpc) is 3.34. The number of rotatable bonds is 4. The molecule has 0 aliphatic carbocycles. The first-order valence-corrected chi connectivity index (χ1v) is 11.6. The van der Waals surface area contributed by atoms with Gasteiger partial charge >= 0.3 is 0 Å². The second-order valence-electron chi connectivity index (χ2n) is 7.61. The first-order chi connectivity index (χ1) is 14.5. The van der Waals surface area contributed by atoms with Gasteiger partial charge in [0.15, 0.2) is 5.76 Å². The number of hydrogen-bond acceptors (Lipinski definition) is 5. The molecule has 30 heavy (non-hydrogen) atoms. The molecule has 0 unspecified atom stereocenters. The van der Waals surface area contributed by atoms with Crippen LogP contribution in [-0.4, -0.2) is 73.6 Å². The molecule has 9 heteroatoms. The monoisotopic (exact) mass is 431 g/mol. The maximum absolute atomic E-state index is 13.0. The van der Waals surface area contributed by atoms with Crippen LogP contribution in [0.1, 0.15) is 23.4 Å². The minimum atomic E-state index is -3.55. The quantitative estimate of drug-likeness (QED) is 0.734. The van der Waals surface area contributed by atoms with Gasteiger partial charge in [0, 0.05) is 39.3 Å². The minimum Gasteiger partial charge on any atom is -0.459 e. The number of amides is 2. The van der Waals surface area contributed by atoms with Gasteiger partial charge in [0.25, 0.3) is 5.91 Å². The van der Waals surface area contributed by atoms with Crippen LogP contribution in [0.2, 0.25) is 0 Å². The highest BCUT2D eigenvalue weighted by atomic mass is 32.2. The summed E-state index contributed by atoms with van der Waals surface area (Å²) in [6, 6.07) is 11.6. The van der Waals surface area contributed by atoms with Gasteiger partial charge in [0.1, 0.15) is 0 Å². The van der Waals surface area contributed by atoms with Gasteiger partial charge in [-0.2, -0.15) is 4.31 Å². The van der Waals surface area contributed by atoms with Crippen LogP contribution in [0.5, 0.6) is 0 Å². The van der Waals surface area contributed by atoms with Crippen LogP contribution in [0, 0.1) is 5.92 Å². The van der Waals surface area contributed by atoms with E-state index in [1.807, 2.05) is 0 Å². The summed E-state index contributed by atoms with van der Waals surface area (Å²) >= 11 is 0. The van der Waals surface area contributed by atoms with Crippen molar-refractivity contribution in [2.75, 3.05) is 39.3 Å². The van der Waals surface area contributed by atoms with Gasteiger partial charge in [-0.1, -0.05) is 18.2 Å². The van der Waals surface area contributed by atoms with Gasteiger partial charge in [-0.25, -0.2) is 8.42 Å². The number of carbonyl (C=O) groups excluding carboxylic acids is 2. The molecule has 2 aromatic rings. The third-order valence-corrected chi connectivity index (χ3v) is 7.63. The van der Waals surface area contributed by atoms with E-state index in [1.54, 1.807) is 52.3 Å². The molecule has 1 atom stereocenters. The third-order valence-electron chi connectivity index (χ3n) is 5.72. The van der Waals surface area contributed by atoms with Crippen molar-refractivity contribution in [1.29, 1.82) is 0 Å². The van der Waals surface area contributed by atoms with Crippen LogP contribution in [0.25, 0.3) is 0 Å². The summed E-state index contributed by atoms with van der Waals surface area (Å²) in [7, 11) is -3.55. The lowest BCUT2D eigenvalue weighted by Gasteiger charge is -2.38. The zero-order valence-electron chi connectivity index (χ0n) is 16.6. The van der Waals surface area contributed by atoms with Crippen molar-refractivity contribution in [2.24, 2.45) is 5.92 Å². The number of likely N-dealkylation sites (tertiary alicyclic amines) is 1. The molecule has 2 aliphatic heterocycles. The molecule has 0 spiro atoms. The largest absolute Gasteiger partial charge is 0.459 e. The van der Waals surface area contributed by atoms with Gasteiger partial charge < -0.3 is 14.2 Å². The van der Waals surface area contributed by atoms with E-state index in [9.17, 15) is 18.0 Å². The number of piperazine rings is 1. The Morgan fingerprint density at radius 1 is 0.900 bits per heavy atom. The zero-order chi connectivity index (χ0) is 21.1. The van der Waals surface area contributed by atoms with E-state index >= 15 is 0 Å². The molecule has 3 heterocycles. The summed E-state index contributed by atoms with van der Waals surface area (Å²) in [6.07, 6.45) is 2.94. The van der Waals surface area contributed by atoms with Gasteiger partial charge in [0.2, 0.25) is 15.9 Å². The molecule has 1 aromatic heterocycles. The fourth-order valence-corrected chi connectivity index (χ4v) is 5.51. The third kappa shape index (κ3) is 4.13. The van der Waals surface area contributed by atoms with Crippen LogP contribution in [0.15, 0.2) is 58.0 Å². The zero-order valence-corrected chi connectivity index (χ0v) is 17.5. The Morgan fingerprint density at radius 2 is 1.63 bits per heavy atom. The van der Waals surface area contributed by atoms with Crippen molar-refractivity contribution in [3.05, 3.63) is 54.5 Å². The maximum atomic E-state index is 13.0. The molecule has 2 aliphatic rings. The summed E-state index contributed by atoms with van der Waals surface area (Å²) in [5.74, 6) is -0.197. The van der Waals surface area contributed by atoms with Crippen molar-refractivity contribution in [3.8, 4) is 0 Å². The molecule has 160 valence electrons. The van der Waals surface area contributed by atoms with E-state index in [0.29, 0.717) is 26.2 Å². The average molecular weight is 432 g/mol. The van der Waals surface area contributed by atoms with Crippen LogP contribution in [-0.2, 0) is 14.8 Å². The van der Waals surface area contributed by atoms with E-state index in [4.69, 9.17) is 4.42 Å². The van der Waals surface area contributed by atoms with E-state index in [1.165, 1.54) is 10.6 Å².